The molecule has 0 spiro atoms. The number of hydrogen-bond acceptors (Lipinski definition) is 2. The van der Waals surface area contributed by atoms with Crippen molar-refractivity contribution in [3.63, 3.8) is 0 Å². The van der Waals surface area contributed by atoms with Crippen LogP contribution >= 0.6 is 0 Å². The Morgan fingerprint density at radius 3 is 1.72 bits per heavy atom. The number of carbonyl (C=O) groups is 1. The number of rotatable bonds is 2. The Bertz CT molecular complexity index is 425. The summed E-state index contributed by atoms with van der Waals surface area (Å²) in [5, 5.41) is 1.15. The summed E-state index contributed by atoms with van der Waals surface area (Å²) in [7, 11) is 1.58. The predicted molar refractivity (Wildman–Crippen MR) is 75.1 cm³/mol. The first-order valence-electron chi connectivity index (χ1n) is 6.20. The normalized spacial score (nSPS) is 12.4. The second kappa shape index (κ2) is 4.73. The van der Waals surface area contributed by atoms with Crippen molar-refractivity contribution < 1.29 is 4.79 Å². The van der Waals surface area contributed by atoms with Crippen LogP contribution in [-0.4, -0.2) is 18.0 Å². The van der Waals surface area contributed by atoms with E-state index in [0.29, 0.717) is 0 Å². The number of amides is 1. The summed E-state index contributed by atoms with van der Waals surface area (Å²) in [5.41, 5.74) is 1.77. The summed E-state index contributed by atoms with van der Waals surface area (Å²) >= 11 is 0. The van der Waals surface area contributed by atoms with E-state index in [4.69, 9.17) is 5.84 Å². The maximum Gasteiger partial charge on any atom is 0.246 e. The summed E-state index contributed by atoms with van der Waals surface area (Å²) < 4.78 is 0. The molecule has 0 aliphatic heterocycles. The van der Waals surface area contributed by atoms with E-state index in [2.05, 4.69) is 32.9 Å². The molecule has 18 heavy (non-hydrogen) atoms. The van der Waals surface area contributed by atoms with Gasteiger partial charge >= 0.3 is 0 Å². The zero-order valence-corrected chi connectivity index (χ0v) is 12.2. The van der Waals surface area contributed by atoms with Crippen LogP contribution in [0.15, 0.2) is 24.3 Å². The van der Waals surface area contributed by atoms with Gasteiger partial charge in [-0.3, -0.25) is 9.80 Å². The van der Waals surface area contributed by atoms with E-state index in [9.17, 15) is 4.79 Å². The SMILES string of the molecule is CN(N)C(=O)C(C)(C)c1ccc(C(C)(C)C)cc1. The highest BCUT2D eigenvalue weighted by Crippen LogP contribution is 2.28. The van der Waals surface area contributed by atoms with Crippen molar-refractivity contribution in [1.82, 2.24) is 5.01 Å². The Hall–Kier alpha value is -1.35. The van der Waals surface area contributed by atoms with Gasteiger partial charge < -0.3 is 0 Å². The first-order valence-corrected chi connectivity index (χ1v) is 6.20. The van der Waals surface area contributed by atoms with E-state index in [-0.39, 0.29) is 11.3 Å². The lowest BCUT2D eigenvalue weighted by atomic mass is 9.80. The first-order chi connectivity index (χ1) is 8.06. The Labute approximate surface area is 110 Å². The fourth-order valence-electron chi connectivity index (χ4n) is 1.95. The van der Waals surface area contributed by atoms with E-state index in [1.165, 1.54) is 5.56 Å². The summed E-state index contributed by atoms with van der Waals surface area (Å²) in [5.74, 6) is 5.45. The average Bonchev–Trinajstić information content (AvgIpc) is 2.26. The molecule has 0 fully saturated rings. The van der Waals surface area contributed by atoms with Gasteiger partial charge in [0, 0.05) is 7.05 Å². The van der Waals surface area contributed by atoms with Crippen molar-refractivity contribution >= 4 is 5.91 Å². The van der Waals surface area contributed by atoms with Crippen molar-refractivity contribution in [2.24, 2.45) is 5.84 Å². The molecule has 0 aliphatic rings. The molecule has 0 atom stereocenters. The highest BCUT2D eigenvalue weighted by molar-refractivity contribution is 5.86. The molecular formula is C15H24N2O. The second-order valence-corrected chi connectivity index (χ2v) is 6.37. The van der Waals surface area contributed by atoms with E-state index in [1.807, 2.05) is 26.0 Å². The van der Waals surface area contributed by atoms with Crippen molar-refractivity contribution in [2.45, 2.75) is 45.4 Å². The molecule has 1 aromatic carbocycles. The molecule has 3 nitrogen and oxygen atoms in total. The summed E-state index contributed by atoms with van der Waals surface area (Å²) in [4.78, 5) is 12.0. The molecule has 0 unspecified atom stereocenters. The molecule has 100 valence electrons. The fourth-order valence-corrected chi connectivity index (χ4v) is 1.95. The Morgan fingerprint density at radius 1 is 1.00 bits per heavy atom. The summed E-state index contributed by atoms with van der Waals surface area (Å²) in [6.07, 6.45) is 0. The van der Waals surface area contributed by atoms with Crippen LogP contribution in [0.25, 0.3) is 0 Å². The summed E-state index contributed by atoms with van der Waals surface area (Å²) in [6, 6.07) is 8.20. The van der Waals surface area contributed by atoms with Gasteiger partial charge in [-0.05, 0) is 30.4 Å². The van der Waals surface area contributed by atoms with Gasteiger partial charge in [-0.2, -0.15) is 0 Å². The minimum absolute atomic E-state index is 0.0917. The lowest BCUT2D eigenvalue weighted by molar-refractivity contribution is -0.135. The quantitative estimate of drug-likeness (QED) is 0.497. The molecule has 1 aromatic rings. The van der Waals surface area contributed by atoms with Crippen LogP contribution < -0.4 is 5.84 Å². The maximum absolute atomic E-state index is 12.0. The van der Waals surface area contributed by atoms with Gasteiger partial charge in [0.15, 0.2) is 0 Å². The van der Waals surface area contributed by atoms with E-state index in [1.54, 1.807) is 7.05 Å². The molecule has 0 aliphatic carbocycles. The van der Waals surface area contributed by atoms with Crippen molar-refractivity contribution in [2.75, 3.05) is 7.05 Å². The van der Waals surface area contributed by atoms with Crippen LogP contribution in [-0.2, 0) is 15.6 Å². The number of carbonyl (C=O) groups excluding carboxylic acids is 1. The molecular weight excluding hydrogens is 224 g/mol. The minimum atomic E-state index is -0.597. The van der Waals surface area contributed by atoms with E-state index < -0.39 is 5.41 Å². The van der Waals surface area contributed by atoms with Crippen LogP contribution in [0, 0.1) is 0 Å². The third-order valence-corrected chi connectivity index (χ3v) is 3.33. The number of hydrogen-bond donors (Lipinski definition) is 1. The number of benzene rings is 1. The van der Waals surface area contributed by atoms with Gasteiger partial charge in [-0.15, -0.1) is 0 Å². The molecule has 3 heteroatoms. The maximum atomic E-state index is 12.0. The van der Waals surface area contributed by atoms with Crippen molar-refractivity contribution in [3.8, 4) is 0 Å². The number of nitrogens with zero attached hydrogens (tertiary/aromatic N) is 1. The smallest absolute Gasteiger partial charge is 0.246 e. The van der Waals surface area contributed by atoms with Crippen LogP contribution in [0.1, 0.15) is 45.7 Å². The van der Waals surface area contributed by atoms with Crippen LogP contribution in [0.5, 0.6) is 0 Å². The third kappa shape index (κ3) is 2.91. The molecule has 0 heterocycles. The van der Waals surface area contributed by atoms with Crippen molar-refractivity contribution in [3.05, 3.63) is 35.4 Å². The second-order valence-electron chi connectivity index (χ2n) is 6.37. The minimum Gasteiger partial charge on any atom is -0.283 e. The highest BCUT2D eigenvalue weighted by atomic mass is 16.2. The van der Waals surface area contributed by atoms with E-state index in [0.717, 1.165) is 10.6 Å². The Kier molecular flexibility index (Phi) is 3.86. The molecule has 0 saturated carbocycles. The fraction of sp³-hybridized carbons (Fsp3) is 0.533. The first kappa shape index (κ1) is 14.7. The zero-order chi connectivity index (χ0) is 14.1. The van der Waals surface area contributed by atoms with Gasteiger partial charge in [0.1, 0.15) is 0 Å². The molecule has 0 radical (unpaired) electrons. The lowest BCUT2D eigenvalue weighted by Crippen LogP contribution is -2.44. The monoisotopic (exact) mass is 248 g/mol. The summed E-state index contributed by atoms with van der Waals surface area (Å²) in [6.45, 7) is 10.3. The third-order valence-electron chi connectivity index (χ3n) is 3.33. The van der Waals surface area contributed by atoms with Gasteiger partial charge in [-0.1, -0.05) is 45.0 Å². The molecule has 0 aromatic heterocycles. The number of hydrazine groups is 1. The molecule has 0 bridgehead atoms. The molecule has 1 amide bonds. The van der Waals surface area contributed by atoms with Gasteiger partial charge in [-0.25, -0.2) is 5.84 Å². The van der Waals surface area contributed by atoms with Crippen LogP contribution in [0.2, 0.25) is 0 Å². The van der Waals surface area contributed by atoms with E-state index >= 15 is 0 Å². The molecule has 2 N–H and O–H groups in total. The Balaban J connectivity index is 3.09. The van der Waals surface area contributed by atoms with Gasteiger partial charge in [0.2, 0.25) is 5.91 Å². The Morgan fingerprint density at radius 2 is 1.39 bits per heavy atom. The topological polar surface area (TPSA) is 46.3 Å². The van der Waals surface area contributed by atoms with Crippen molar-refractivity contribution in [1.29, 1.82) is 0 Å². The zero-order valence-electron chi connectivity index (χ0n) is 12.2. The molecule has 0 saturated heterocycles. The largest absolute Gasteiger partial charge is 0.283 e. The van der Waals surface area contributed by atoms with Crippen LogP contribution in [0.3, 0.4) is 0 Å². The lowest BCUT2D eigenvalue weighted by Gasteiger charge is -2.28. The van der Waals surface area contributed by atoms with Crippen LogP contribution in [0.4, 0.5) is 0 Å². The predicted octanol–water partition coefficient (Wildman–Crippen LogP) is 2.59. The number of nitrogens with two attached hydrogens (primary N) is 1. The molecule has 1 rings (SSSR count). The van der Waals surface area contributed by atoms with Gasteiger partial charge in [0.25, 0.3) is 0 Å². The highest BCUT2D eigenvalue weighted by Gasteiger charge is 2.31. The van der Waals surface area contributed by atoms with Gasteiger partial charge in [0.05, 0.1) is 5.41 Å². The standard InChI is InChI=1S/C15H24N2O/c1-14(2,3)11-7-9-12(10-8-11)15(4,5)13(18)17(6)16/h7-10H,16H2,1-6H3. The average molecular weight is 248 g/mol. The number of likely N-dealkylation sites (N-methyl/N-ethyl adjacent to an activating group) is 1.